The van der Waals surface area contributed by atoms with E-state index in [1.807, 2.05) is 12.3 Å². The van der Waals surface area contributed by atoms with Gasteiger partial charge < -0.3 is 14.4 Å². The summed E-state index contributed by atoms with van der Waals surface area (Å²) in [7, 11) is 1.66. The van der Waals surface area contributed by atoms with Gasteiger partial charge in [0.2, 0.25) is 0 Å². The highest BCUT2D eigenvalue weighted by atomic mass is 32.1. The molecule has 0 amide bonds. The van der Waals surface area contributed by atoms with Crippen molar-refractivity contribution in [2.45, 2.75) is 19.6 Å². The number of aryl methyl sites for hydroxylation is 1. The maximum absolute atomic E-state index is 5.93. The van der Waals surface area contributed by atoms with Gasteiger partial charge in [-0.25, -0.2) is 14.6 Å². The number of hydrogen-bond donors (Lipinski definition) is 0. The van der Waals surface area contributed by atoms with Crippen LogP contribution in [0.25, 0.3) is 10.2 Å². The van der Waals surface area contributed by atoms with Crippen LogP contribution in [0, 0.1) is 6.92 Å². The lowest BCUT2D eigenvalue weighted by atomic mass is 10.2. The average molecular weight is 361 g/mol. The van der Waals surface area contributed by atoms with Crippen molar-refractivity contribution in [3.05, 3.63) is 23.1 Å². The van der Waals surface area contributed by atoms with Gasteiger partial charge in [0.1, 0.15) is 22.6 Å². The quantitative estimate of drug-likeness (QED) is 0.670. The second kappa shape index (κ2) is 6.98. The maximum atomic E-state index is 5.93. The molecular formula is C15H19N7O2S. The molecule has 0 saturated carbocycles. The van der Waals surface area contributed by atoms with E-state index in [1.54, 1.807) is 23.1 Å². The fourth-order valence-electron chi connectivity index (χ4n) is 2.96. The molecule has 0 aromatic carbocycles. The lowest BCUT2D eigenvalue weighted by Crippen LogP contribution is -2.40. The van der Waals surface area contributed by atoms with Crippen molar-refractivity contribution in [1.82, 2.24) is 30.2 Å². The predicted molar refractivity (Wildman–Crippen MR) is 92.8 cm³/mol. The lowest BCUT2D eigenvalue weighted by Gasteiger charge is -2.33. The molecule has 4 heterocycles. The minimum atomic E-state index is -0.204. The Morgan fingerprint density at radius 1 is 1.40 bits per heavy atom. The Balaban J connectivity index is 1.61. The summed E-state index contributed by atoms with van der Waals surface area (Å²) in [4.78, 5) is 12.4. The number of morpholine rings is 1. The Kier molecular flexibility index (Phi) is 4.55. The van der Waals surface area contributed by atoms with Crippen molar-refractivity contribution in [3.63, 3.8) is 0 Å². The van der Waals surface area contributed by atoms with Gasteiger partial charge in [0.15, 0.2) is 5.82 Å². The summed E-state index contributed by atoms with van der Waals surface area (Å²) >= 11 is 1.63. The Bertz CT molecular complexity index is 865. The highest BCUT2D eigenvalue weighted by Crippen LogP contribution is 2.31. The van der Waals surface area contributed by atoms with Gasteiger partial charge in [-0.1, -0.05) is 0 Å². The van der Waals surface area contributed by atoms with Crippen LogP contribution >= 0.6 is 11.3 Å². The van der Waals surface area contributed by atoms with Crippen molar-refractivity contribution in [1.29, 1.82) is 0 Å². The van der Waals surface area contributed by atoms with Gasteiger partial charge in [0, 0.05) is 13.7 Å². The molecule has 132 valence electrons. The number of aromatic nitrogens is 6. The number of methoxy groups -OCH3 is 1. The molecule has 1 aliphatic heterocycles. The van der Waals surface area contributed by atoms with Gasteiger partial charge in [0.05, 0.1) is 31.7 Å². The Morgan fingerprint density at radius 2 is 2.32 bits per heavy atom. The third-order valence-corrected chi connectivity index (χ3v) is 4.94. The SMILES string of the molecule is COCCn1nnnc1[C@@H]1CN(c2nc(C)nc3sccc23)CCO1. The van der Waals surface area contributed by atoms with E-state index >= 15 is 0 Å². The molecule has 1 saturated heterocycles. The van der Waals surface area contributed by atoms with Crippen molar-refractivity contribution in [3.8, 4) is 0 Å². The largest absolute Gasteiger partial charge is 0.383 e. The van der Waals surface area contributed by atoms with Gasteiger partial charge in [-0.15, -0.1) is 16.4 Å². The van der Waals surface area contributed by atoms with E-state index in [0.29, 0.717) is 32.1 Å². The number of fused-ring (bicyclic) bond motifs is 1. The minimum absolute atomic E-state index is 0.204. The summed E-state index contributed by atoms with van der Waals surface area (Å²) in [5, 5.41) is 15.1. The number of tetrazole rings is 1. The summed E-state index contributed by atoms with van der Waals surface area (Å²) in [6.45, 7) is 5.09. The molecule has 0 radical (unpaired) electrons. The van der Waals surface area contributed by atoms with Gasteiger partial charge in [-0.2, -0.15) is 0 Å². The topological polar surface area (TPSA) is 91.1 Å². The third-order valence-electron chi connectivity index (χ3n) is 4.14. The van der Waals surface area contributed by atoms with E-state index in [9.17, 15) is 0 Å². The number of rotatable bonds is 5. The van der Waals surface area contributed by atoms with Crippen molar-refractivity contribution in [2.24, 2.45) is 0 Å². The van der Waals surface area contributed by atoms with E-state index in [-0.39, 0.29) is 6.10 Å². The van der Waals surface area contributed by atoms with E-state index in [0.717, 1.165) is 28.4 Å². The van der Waals surface area contributed by atoms with Crippen LogP contribution in [0.2, 0.25) is 0 Å². The molecule has 0 unspecified atom stereocenters. The Hall–Kier alpha value is -2.17. The summed E-state index contributed by atoms with van der Waals surface area (Å²) in [5.41, 5.74) is 0. The standard InChI is InChI=1S/C15H19N7O2S/c1-10-16-13(11-3-8-25-15(11)17-10)21-4-7-24-12(9-21)14-18-19-20-22(14)5-6-23-2/h3,8,12H,4-7,9H2,1-2H3/t12-/m0/s1. The Morgan fingerprint density at radius 3 is 3.20 bits per heavy atom. The van der Waals surface area contributed by atoms with Crippen LogP contribution in [0.3, 0.4) is 0 Å². The molecule has 4 rings (SSSR count). The molecule has 1 fully saturated rings. The zero-order chi connectivity index (χ0) is 17.2. The number of ether oxygens (including phenoxy) is 2. The minimum Gasteiger partial charge on any atom is -0.383 e. The fraction of sp³-hybridized carbons (Fsp3) is 0.533. The molecule has 0 aliphatic carbocycles. The molecule has 0 spiro atoms. The molecule has 3 aromatic heterocycles. The molecule has 0 bridgehead atoms. The molecule has 10 heteroatoms. The normalized spacial score (nSPS) is 18.2. The molecule has 3 aromatic rings. The number of anilines is 1. The molecule has 1 aliphatic rings. The Labute approximate surface area is 148 Å². The molecule has 0 N–H and O–H groups in total. The molecule has 25 heavy (non-hydrogen) atoms. The number of nitrogens with zero attached hydrogens (tertiary/aromatic N) is 7. The molecular weight excluding hydrogens is 342 g/mol. The molecule has 1 atom stereocenters. The van der Waals surface area contributed by atoms with Crippen LogP contribution in [0.5, 0.6) is 0 Å². The summed E-state index contributed by atoms with van der Waals surface area (Å²) in [5.74, 6) is 2.44. The lowest BCUT2D eigenvalue weighted by molar-refractivity contribution is 0.0298. The van der Waals surface area contributed by atoms with Crippen LogP contribution in [-0.2, 0) is 16.0 Å². The zero-order valence-corrected chi connectivity index (χ0v) is 14.9. The van der Waals surface area contributed by atoms with Crippen LogP contribution in [0.15, 0.2) is 11.4 Å². The maximum Gasteiger partial charge on any atom is 0.182 e. The van der Waals surface area contributed by atoms with E-state index in [1.165, 1.54) is 0 Å². The summed E-state index contributed by atoms with van der Waals surface area (Å²) in [6, 6.07) is 2.07. The van der Waals surface area contributed by atoms with Crippen molar-refractivity contribution >= 4 is 27.4 Å². The van der Waals surface area contributed by atoms with Gasteiger partial charge in [-0.05, 0) is 28.8 Å². The van der Waals surface area contributed by atoms with Crippen LogP contribution < -0.4 is 4.90 Å². The van der Waals surface area contributed by atoms with Gasteiger partial charge >= 0.3 is 0 Å². The van der Waals surface area contributed by atoms with Crippen molar-refractivity contribution in [2.75, 3.05) is 38.3 Å². The first-order valence-electron chi connectivity index (χ1n) is 8.09. The van der Waals surface area contributed by atoms with Gasteiger partial charge in [-0.3, -0.25) is 0 Å². The second-order valence-corrected chi connectivity index (χ2v) is 6.69. The first kappa shape index (κ1) is 16.3. The van der Waals surface area contributed by atoms with Gasteiger partial charge in [0.25, 0.3) is 0 Å². The average Bonchev–Trinajstić information content (AvgIpc) is 3.28. The number of hydrogen-bond acceptors (Lipinski definition) is 9. The second-order valence-electron chi connectivity index (χ2n) is 5.79. The van der Waals surface area contributed by atoms with E-state index in [2.05, 4.69) is 36.5 Å². The van der Waals surface area contributed by atoms with Crippen LogP contribution in [-0.4, -0.2) is 63.6 Å². The smallest absolute Gasteiger partial charge is 0.182 e. The first-order valence-corrected chi connectivity index (χ1v) is 8.97. The van der Waals surface area contributed by atoms with Crippen LogP contribution in [0.4, 0.5) is 5.82 Å². The summed E-state index contributed by atoms with van der Waals surface area (Å²) < 4.78 is 12.8. The zero-order valence-electron chi connectivity index (χ0n) is 14.1. The third kappa shape index (κ3) is 3.20. The highest BCUT2D eigenvalue weighted by molar-refractivity contribution is 7.16. The van der Waals surface area contributed by atoms with E-state index in [4.69, 9.17) is 9.47 Å². The monoisotopic (exact) mass is 361 g/mol. The fourth-order valence-corrected chi connectivity index (χ4v) is 3.77. The van der Waals surface area contributed by atoms with E-state index < -0.39 is 0 Å². The molecule has 9 nitrogen and oxygen atoms in total. The van der Waals surface area contributed by atoms with Crippen molar-refractivity contribution < 1.29 is 9.47 Å². The first-order chi connectivity index (χ1) is 12.3. The predicted octanol–water partition coefficient (Wildman–Crippen LogP) is 1.21. The number of thiophene rings is 1. The highest BCUT2D eigenvalue weighted by Gasteiger charge is 2.28. The summed E-state index contributed by atoms with van der Waals surface area (Å²) in [6.07, 6.45) is -0.204. The van der Waals surface area contributed by atoms with Crippen LogP contribution in [0.1, 0.15) is 17.8 Å².